The van der Waals surface area contributed by atoms with Crippen LogP contribution in [0.5, 0.6) is 0 Å². The lowest BCUT2D eigenvalue weighted by Gasteiger charge is -2.29. The van der Waals surface area contributed by atoms with E-state index >= 15 is 0 Å². The van der Waals surface area contributed by atoms with Crippen molar-refractivity contribution in [1.29, 1.82) is 0 Å². The van der Waals surface area contributed by atoms with E-state index in [4.69, 9.17) is 5.11 Å². The van der Waals surface area contributed by atoms with E-state index in [0.29, 0.717) is 31.0 Å². The minimum absolute atomic E-state index is 0.0163. The fraction of sp³-hybridized carbons (Fsp3) is 0.933. The zero-order valence-corrected chi connectivity index (χ0v) is 12.2. The fourth-order valence-corrected chi connectivity index (χ4v) is 3.41. The monoisotopic (exact) mass is 268 g/mol. The van der Waals surface area contributed by atoms with Crippen molar-refractivity contribution in [3.05, 3.63) is 0 Å². The molecule has 4 heteroatoms. The molecule has 2 fully saturated rings. The topological polar surface area (TPSA) is 61.4 Å². The summed E-state index contributed by atoms with van der Waals surface area (Å²) in [4.78, 5) is 12.0. The van der Waals surface area contributed by atoms with Gasteiger partial charge in [-0.15, -0.1) is 0 Å². The Morgan fingerprint density at radius 2 is 1.95 bits per heavy atom. The van der Waals surface area contributed by atoms with Crippen LogP contribution in [0.1, 0.15) is 52.4 Å². The van der Waals surface area contributed by atoms with Crippen molar-refractivity contribution in [3.63, 3.8) is 0 Å². The van der Waals surface area contributed by atoms with Gasteiger partial charge in [0, 0.05) is 31.7 Å². The predicted molar refractivity (Wildman–Crippen MR) is 75.8 cm³/mol. The van der Waals surface area contributed by atoms with Crippen LogP contribution in [0.4, 0.5) is 0 Å². The molecule has 0 spiro atoms. The second-order valence-corrected chi connectivity index (χ2v) is 7.09. The maximum atomic E-state index is 12.0. The van der Waals surface area contributed by atoms with Gasteiger partial charge in [0.05, 0.1) is 0 Å². The zero-order chi connectivity index (χ0) is 13.9. The van der Waals surface area contributed by atoms with E-state index in [1.54, 1.807) is 0 Å². The van der Waals surface area contributed by atoms with Crippen molar-refractivity contribution in [2.75, 3.05) is 13.2 Å². The van der Waals surface area contributed by atoms with Crippen LogP contribution in [-0.4, -0.2) is 36.2 Å². The van der Waals surface area contributed by atoms with Gasteiger partial charge in [-0.2, -0.15) is 0 Å². The van der Waals surface area contributed by atoms with Crippen molar-refractivity contribution in [1.82, 2.24) is 10.6 Å². The summed E-state index contributed by atoms with van der Waals surface area (Å²) >= 11 is 0. The van der Waals surface area contributed by atoms with Crippen LogP contribution in [0.25, 0.3) is 0 Å². The highest BCUT2D eigenvalue weighted by molar-refractivity contribution is 5.76. The molecular weight excluding hydrogens is 240 g/mol. The van der Waals surface area contributed by atoms with Gasteiger partial charge in [-0.05, 0) is 43.4 Å². The minimum Gasteiger partial charge on any atom is -0.396 e. The maximum absolute atomic E-state index is 12.0. The van der Waals surface area contributed by atoms with Crippen molar-refractivity contribution < 1.29 is 9.90 Å². The molecule has 2 saturated heterocycles. The average molecular weight is 268 g/mol. The normalized spacial score (nSPS) is 30.4. The molecule has 2 aliphatic rings. The van der Waals surface area contributed by atoms with E-state index in [9.17, 15) is 4.79 Å². The first-order valence-corrected chi connectivity index (χ1v) is 7.62. The number of piperidine rings is 1. The largest absolute Gasteiger partial charge is 0.396 e. The molecule has 1 amide bonds. The first-order valence-electron chi connectivity index (χ1n) is 7.62. The van der Waals surface area contributed by atoms with Crippen LogP contribution < -0.4 is 10.6 Å². The summed E-state index contributed by atoms with van der Waals surface area (Å²) in [6.07, 6.45) is 6.28. The summed E-state index contributed by atoms with van der Waals surface area (Å²) in [5.41, 5.74) is -0.0163. The Balaban J connectivity index is 1.70. The quantitative estimate of drug-likeness (QED) is 0.683. The van der Waals surface area contributed by atoms with Crippen molar-refractivity contribution in [2.45, 2.75) is 64.5 Å². The Bertz CT molecular complexity index is 305. The van der Waals surface area contributed by atoms with Gasteiger partial charge in [0.25, 0.3) is 0 Å². The molecule has 2 unspecified atom stereocenters. The lowest BCUT2D eigenvalue weighted by atomic mass is 9.88. The summed E-state index contributed by atoms with van der Waals surface area (Å²) in [6.45, 7) is 4.99. The third kappa shape index (κ3) is 4.46. The molecule has 0 radical (unpaired) electrons. The number of rotatable bonds is 6. The highest BCUT2D eigenvalue weighted by atomic mass is 16.3. The second kappa shape index (κ2) is 6.23. The minimum atomic E-state index is -0.0163. The number of hydrogen-bond acceptors (Lipinski definition) is 3. The van der Waals surface area contributed by atoms with Gasteiger partial charge in [0.15, 0.2) is 0 Å². The predicted octanol–water partition coefficient (Wildman–Crippen LogP) is 1.43. The van der Waals surface area contributed by atoms with E-state index in [-0.39, 0.29) is 17.9 Å². The number of carbonyl (C=O) groups excluding carboxylic acids is 1. The smallest absolute Gasteiger partial charge is 0.220 e. The molecule has 0 saturated carbocycles. The van der Waals surface area contributed by atoms with Gasteiger partial charge >= 0.3 is 0 Å². The number of hydrogen-bond donors (Lipinski definition) is 3. The summed E-state index contributed by atoms with van der Waals surface area (Å²) < 4.78 is 0. The lowest BCUT2D eigenvalue weighted by Crippen LogP contribution is -2.41. The van der Waals surface area contributed by atoms with E-state index in [0.717, 1.165) is 19.3 Å². The molecule has 2 aliphatic heterocycles. The van der Waals surface area contributed by atoms with Gasteiger partial charge in [-0.25, -0.2) is 0 Å². The van der Waals surface area contributed by atoms with E-state index < -0.39 is 0 Å². The van der Waals surface area contributed by atoms with Crippen molar-refractivity contribution in [3.8, 4) is 0 Å². The number of fused-ring (bicyclic) bond motifs is 2. The summed E-state index contributed by atoms with van der Waals surface area (Å²) in [6, 6.07) is 1.31. The Kier molecular flexibility index (Phi) is 4.85. The molecule has 2 atom stereocenters. The molecule has 0 aromatic rings. The number of nitrogens with one attached hydrogen (secondary N) is 2. The molecule has 4 nitrogen and oxygen atoms in total. The zero-order valence-electron chi connectivity index (χ0n) is 12.2. The Morgan fingerprint density at radius 1 is 1.32 bits per heavy atom. The van der Waals surface area contributed by atoms with E-state index in [1.807, 2.05) is 0 Å². The second-order valence-electron chi connectivity index (χ2n) is 7.09. The first-order chi connectivity index (χ1) is 8.98. The Morgan fingerprint density at radius 3 is 2.53 bits per heavy atom. The molecule has 19 heavy (non-hydrogen) atoms. The van der Waals surface area contributed by atoms with Crippen molar-refractivity contribution in [2.24, 2.45) is 11.3 Å². The molecule has 3 N–H and O–H groups in total. The molecule has 2 rings (SSSR count). The van der Waals surface area contributed by atoms with E-state index in [2.05, 4.69) is 24.5 Å². The van der Waals surface area contributed by atoms with Crippen LogP contribution in [0, 0.1) is 11.3 Å². The number of carbonyl (C=O) groups is 1. The summed E-state index contributed by atoms with van der Waals surface area (Å²) in [5, 5.41) is 15.6. The fourth-order valence-electron chi connectivity index (χ4n) is 3.41. The molecule has 0 aliphatic carbocycles. The summed E-state index contributed by atoms with van der Waals surface area (Å²) in [7, 11) is 0. The van der Waals surface area contributed by atoms with E-state index in [1.165, 1.54) is 12.8 Å². The first kappa shape index (κ1) is 14.8. The molecule has 110 valence electrons. The van der Waals surface area contributed by atoms with Gasteiger partial charge in [0.1, 0.15) is 0 Å². The number of amides is 1. The molecule has 0 aromatic heterocycles. The maximum Gasteiger partial charge on any atom is 0.220 e. The average Bonchev–Trinajstić information content (AvgIpc) is 2.66. The van der Waals surface area contributed by atoms with Crippen molar-refractivity contribution >= 4 is 5.91 Å². The number of aliphatic hydroxyl groups is 1. The molecule has 0 aromatic carbocycles. The van der Waals surface area contributed by atoms with Gasteiger partial charge in [0.2, 0.25) is 5.91 Å². The van der Waals surface area contributed by atoms with Crippen LogP contribution in [-0.2, 0) is 4.79 Å². The van der Waals surface area contributed by atoms with Crippen LogP contribution >= 0.6 is 0 Å². The third-order valence-electron chi connectivity index (χ3n) is 4.60. The van der Waals surface area contributed by atoms with Gasteiger partial charge < -0.3 is 15.7 Å². The van der Waals surface area contributed by atoms with Gasteiger partial charge in [-0.3, -0.25) is 4.79 Å². The molecule has 2 heterocycles. The third-order valence-corrected chi connectivity index (χ3v) is 4.60. The lowest BCUT2D eigenvalue weighted by molar-refractivity contribution is -0.122. The summed E-state index contributed by atoms with van der Waals surface area (Å²) in [5.74, 6) is 0.733. The van der Waals surface area contributed by atoms with Crippen LogP contribution in [0.2, 0.25) is 0 Å². The van der Waals surface area contributed by atoms with Crippen LogP contribution in [0.15, 0.2) is 0 Å². The van der Waals surface area contributed by atoms with Crippen LogP contribution in [0.3, 0.4) is 0 Å². The molecular formula is C15H28N2O2. The highest BCUT2D eigenvalue weighted by Gasteiger charge is 2.34. The standard InChI is InChI=1S/C15H28N2O2/c1-15(2,5-6-18)10-16-14(19)9-11-7-12-3-4-13(8-11)17-12/h11-13,17-18H,3-10H2,1-2H3,(H,16,19). The van der Waals surface area contributed by atoms with Gasteiger partial charge in [-0.1, -0.05) is 13.8 Å². The highest BCUT2D eigenvalue weighted by Crippen LogP contribution is 2.32. The number of aliphatic hydroxyl groups excluding tert-OH is 1. The Hall–Kier alpha value is -0.610. The Labute approximate surface area is 116 Å². The molecule has 2 bridgehead atoms. The SMILES string of the molecule is CC(C)(CCO)CNC(=O)CC1CC2CCC(C1)N2.